The molecule has 0 atom stereocenters. The molecule has 4 nitrogen and oxygen atoms in total. The van der Waals surface area contributed by atoms with Gasteiger partial charge in [-0.2, -0.15) is 0 Å². The van der Waals surface area contributed by atoms with E-state index in [4.69, 9.17) is 9.15 Å². The topological polar surface area (TPSA) is 47.3 Å². The Hall–Kier alpha value is -1.55. The van der Waals surface area contributed by atoms with Gasteiger partial charge in [0.15, 0.2) is 11.5 Å². The van der Waals surface area contributed by atoms with Crippen molar-refractivity contribution >= 4 is 11.1 Å². The van der Waals surface area contributed by atoms with Gasteiger partial charge in [0.2, 0.25) is 0 Å². The lowest BCUT2D eigenvalue weighted by molar-refractivity contribution is 0.199. The minimum absolute atomic E-state index is 0.646. The summed E-state index contributed by atoms with van der Waals surface area (Å²) in [5, 5.41) is 3.22. The average Bonchev–Trinajstić information content (AvgIpc) is 2.55. The van der Waals surface area contributed by atoms with E-state index in [0.717, 1.165) is 36.5 Å². The smallest absolute Gasteiger partial charge is 0.192 e. The lowest BCUT2D eigenvalue weighted by Crippen LogP contribution is -2.45. The van der Waals surface area contributed by atoms with Crippen LogP contribution >= 0.6 is 0 Å². The van der Waals surface area contributed by atoms with Crippen LogP contribution in [0.1, 0.15) is 5.89 Å². The van der Waals surface area contributed by atoms with Gasteiger partial charge in [-0.05, 0) is 12.1 Å². The Kier molecular flexibility index (Phi) is 2.29. The summed E-state index contributed by atoms with van der Waals surface area (Å²) in [5.41, 5.74) is 1.68. The maximum Gasteiger partial charge on any atom is 0.192 e. The van der Waals surface area contributed by atoms with E-state index in [-0.39, 0.29) is 0 Å². The molecular formula is C12H14N2O2. The van der Waals surface area contributed by atoms with Crippen LogP contribution in [0, 0.1) is 12.8 Å². The molecule has 2 heterocycles. The highest BCUT2D eigenvalue weighted by Gasteiger charge is 2.17. The molecular weight excluding hydrogens is 204 g/mol. The van der Waals surface area contributed by atoms with Crippen molar-refractivity contribution in [1.82, 2.24) is 10.3 Å². The maximum absolute atomic E-state index is 5.70. The molecule has 1 fully saturated rings. The van der Waals surface area contributed by atoms with Gasteiger partial charge in [-0.15, -0.1) is 0 Å². The van der Waals surface area contributed by atoms with Crippen LogP contribution in [0.15, 0.2) is 22.6 Å². The Balaban J connectivity index is 1.75. The molecule has 0 bridgehead atoms. The molecule has 0 spiro atoms. The van der Waals surface area contributed by atoms with Gasteiger partial charge < -0.3 is 14.5 Å². The van der Waals surface area contributed by atoms with E-state index >= 15 is 0 Å². The first-order chi connectivity index (χ1) is 7.81. The third kappa shape index (κ3) is 1.76. The maximum atomic E-state index is 5.70. The van der Waals surface area contributed by atoms with Crippen molar-refractivity contribution in [3.8, 4) is 5.75 Å². The summed E-state index contributed by atoms with van der Waals surface area (Å²) in [4.78, 5) is 4.24. The number of aromatic nitrogens is 1. The number of rotatable bonds is 3. The molecule has 1 aliphatic rings. The van der Waals surface area contributed by atoms with E-state index in [9.17, 15) is 0 Å². The summed E-state index contributed by atoms with van der Waals surface area (Å²) in [7, 11) is 0. The van der Waals surface area contributed by atoms with Crippen LogP contribution in [0.3, 0.4) is 0 Å². The first-order valence-corrected chi connectivity index (χ1v) is 5.52. The summed E-state index contributed by atoms with van der Waals surface area (Å²) in [6, 6.07) is 5.78. The van der Waals surface area contributed by atoms with E-state index in [0.29, 0.717) is 11.8 Å². The molecule has 1 aromatic carbocycles. The van der Waals surface area contributed by atoms with Gasteiger partial charge in [0.05, 0.1) is 6.61 Å². The normalized spacial score (nSPS) is 16.3. The predicted molar refractivity (Wildman–Crippen MR) is 60.6 cm³/mol. The van der Waals surface area contributed by atoms with Crippen LogP contribution in [0.2, 0.25) is 0 Å². The number of nitrogens with zero attached hydrogens (tertiary/aromatic N) is 1. The van der Waals surface area contributed by atoms with E-state index < -0.39 is 0 Å². The zero-order chi connectivity index (χ0) is 11.0. The fourth-order valence-electron chi connectivity index (χ4n) is 1.79. The minimum Gasteiger partial charge on any atom is -0.493 e. The van der Waals surface area contributed by atoms with Crippen LogP contribution in [0.25, 0.3) is 11.1 Å². The van der Waals surface area contributed by atoms with Gasteiger partial charge in [-0.3, -0.25) is 0 Å². The number of benzene rings is 1. The number of hydrogen-bond acceptors (Lipinski definition) is 4. The van der Waals surface area contributed by atoms with Crippen molar-refractivity contribution in [1.29, 1.82) is 0 Å². The largest absolute Gasteiger partial charge is 0.493 e. The van der Waals surface area contributed by atoms with E-state index in [2.05, 4.69) is 10.3 Å². The molecule has 2 aromatic rings. The highest BCUT2D eigenvalue weighted by Crippen LogP contribution is 2.22. The quantitative estimate of drug-likeness (QED) is 0.852. The lowest BCUT2D eigenvalue weighted by Gasteiger charge is -2.26. The lowest BCUT2D eigenvalue weighted by atomic mass is 10.1. The fraction of sp³-hybridized carbons (Fsp3) is 0.417. The number of aryl methyl sites for hydroxylation is 1. The second kappa shape index (κ2) is 3.79. The zero-order valence-electron chi connectivity index (χ0n) is 9.19. The minimum atomic E-state index is 0.646. The first-order valence-electron chi connectivity index (χ1n) is 5.52. The molecule has 1 aliphatic heterocycles. The summed E-state index contributed by atoms with van der Waals surface area (Å²) < 4.78 is 11.2. The third-order valence-electron chi connectivity index (χ3n) is 2.82. The van der Waals surface area contributed by atoms with E-state index in [1.54, 1.807) is 0 Å². The Labute approximate surface area is 93.6 Å². The van der Waals surface area contributed by atoms with Crippen molar-refractivity contribution in [2.24, 2.45) is 5.92 Å². The van der Waals surface area contributed by atoms with E-state index in [1.165, 1.54) is 0 Å². The predicted octanol–water partition coefficient (Wildman–Crippen LogP) is 1.73. The number of nitrogens with one attached hydrogen (secondary N) is 1. The summed E-state index contributed by atoms with van der Waals surface area (Å²) in [5.74, 6) is 2.19. The number of fused-ring (bicyclic) bond motifs is 1. The Morgan fingerprint density at radius 3 is 3.12 bits per heavy atom. The zero-order valence-corrected chi connectivity index (χ0v) is 9.19. The Bertz CT molecular complexity index is 503. The van der Waals surface area contributed by atoms with Gasteiger partial charge in [-0.1, -0.05) is 0 Å². The molecule has 0 amide bonds. The van der Waals surface area contributed by atoms with Gasteiger partial charge >= 0.3 is 0 Å². The molecule has 0 unspecified atom stereocenters. The molecule has 16 heavy (non-hydrogen) atoms. The van der Waals surface area contributed by atoms with Crippen LogP contribution in [-0.4, -0.2) is 24.7 Å². The van der Waals surface area contributed by atoms with Crippen LogP contribution in [-0.2, 0) is 0 Å². The van der Waals surface area contributed by atoms with Crippen molar-refractivity contribution in [2.45, 2.75) is 6.92 Å². The van der Waals surface area contributed by atoms with E-state index in [1.807, 2.05) is 25.1 Å². The number of oxazole rings is 1. The Morgan fingerprint density at radius 1 is 1.50 bits per heavy atom. The molecule has 1 aromatic heterocycles. The summed E-state index contributed by atoms with van der Waals surface area (Å²) >= 11 is 0. The molecule has 1 N–H and O–H groups in total. The third-order valence-corrected chi connectivity index (χ3v) is 2.82. The molecule has 1 saturated heterocycles. The molecule has 3 rings (SSSR count). The SMILES string of the molecule is Cc1nc2ccc(OCC3CNC3)cc2o1. The monoisotopic (exact) mass is 218 g/mol. The second-order valence-electron chi connectivity index (χ2n) is 4.20. The second-order valence-corrected chi connectivity index (χ2v) is 4.20. The molecule has 0 aliphatic carbocycles. The molecule has 0 radical (unpaired) electrons. The summed E-state index contributed by atoms with van der Waals surface area (Å²) in [6.07, 6.45) is 0. The standard InChI is InChI=1S/C12H14N2O2/c1-8-14-11-3-2-10(4-12(11)16-8)15-7-9-5-13-6-9/h2-4,9,13H,5-7H2,1H3. The first kappa shape index (κ1) is 9.66. The fourth-order valence-corrected chi connectivity index (χ4v) is 1.79. The van der Waals surface area contributed by atoms with Crippen LogP contribution in [0.4, 0.5) is 0 Å². The highest BCUT2D eigenvalue weighted by molar-refractivity contribution is 5.74. The number of ether oxygens (including phenoxy) is 1. The molecule has 84 valence electrons. The van der Waals surface area contributed by atoms with Crippen molar-refractivity contribution < 1.29 is 9.15 Å². The van der Waals surface area contributed by atoms with Crippen LogP contribution < -0.4 is 10.1 Å². The molecule has 0 saturated carbocycles. The highest BCUT2D eigenvalue weighted by atomic mass is 16.5. The molecule has 4 heteroatoms. The van der Waals surface area contributed by atoms with Gasteiger partial charge in [-0.25, -0.2) is 4.98 Å². The number of hydrogen-bond donors (Lipinski definition) is 1. The van der Waals surface area contributed by atoms with Crippen LogP contribution in [0.5, 0.6) is 5.75 Å². The van der Waals surface area contributed by atoms with Crippen molar-refractivity contribution in [3.63, 3.8) is 0 Å². The Morgan fingerprint density at radius 2 is 2.38 bits per heavy atom. The van der Waals surface area contributed by atoms with Crippen molar-refractivity contribution in [3.05, 3.63) is 24.1 Å². The van der Waals surface area contributed by atoms with Crippen molar-refractivity contribution in [2.75, 3.05) is 19.7 Å². The van der Waals surface area contributed by atoms with Gasteiger partial charge in [0.1, 0.15) is 11.3 Å². The van der Waals surface area contributed by atoms with Gasteiger partial charge in [0, 0.05) is 32.0 Å². The summed E-state index contributed by atoms with van der Waals surface area (Å²) in [6.45, 7) is 4.74. The average molecular weight is 218 g/mol. The van der Waals surface area contributed by atoms with Gasteiger partial charge in [0.25, 0.3) is 0 Å².